The van der Waals surface area contributed by atoms with E-state index in [1.807, 2.05) is 30.9 Å². The van der Waals surface area contributed by atoms with Crippen LogP contribution in [0.25, 0.3) is 0 Å². The van der Waals surface area contributed by atoms with Gasteiger partial charge < -0.3 is 9.88 Å². The van der Waals surface area contributed by atoms with Gasteiger partial charge in [0.05, 0.1) is 6.33 Å². The summed E-state index contributed by atoms with van der Waals surface area (Å²) in [4.78, 5) is 4.11. The molecule has 5 heteroatoms. The molecule has 1 aromatic heterocycles. The molecule has 3 nitrogen and oxygen atoms in total. The van der Waals surface area contributed by atoms with E-state index in [4.69, 9.17) is 11.6 Å². The second-order valence-electron chi connectivity index (χ2n) is 6.29. The molecule has 0 amide bonds. The molecule has 0 spiro atoms. The van der Waals surface area contributed by atoms with Crippen LogP contribution in [-0.4, -0.2) is 15.6 Å². The molecule has 0 aliphatic carbocycles. The van der Waals surface area contributed by atoms with Gasteiger partial charge in [-0.05, 0) is 23.1 Å². The molecule has 2 aromatic rings. The highest BCUT2D eigenvalue weighted by molar-refractivity contribution is 9.10. The zero-order chi connectivity index (χ0) is 15.5. The van der Waals surface area contributed by atoms with E-state index < -0.39 is 0 Å². The van der Waals surface area contributed by atoms with Crippen LogP contribution in [0.2, 0.25) is 5.02 Å². The predicted molar refractivity (Wildman–Crippen MR) is 91.5 cm³/mol. The maximum absolute atomic E-state index is 6.28. The van der Waals surface area contributed by atoms with Crippen LogP contribution >= 0.6 is 27.5 Å². The molecular weight excluding hydrogens is 350 g/mol. The minimum absolute atomic E-state index is 0.145. The number of nitrogens with one attached hydrogen (secondary N) is 1. The van der Waals surface area contributed by atoms with Gasteiger partial charge in [-0.25, -0.2) is 4.98 Å². The van der Waals surface area contributed by atoms with Crippen molar-refractivity contribution in [1.82, 2.24) is 14.9 Å². The number of hydrogen-bond acceptors (Lipinski definition) is 2. The maximum atomic E-state index is 6.28. The monoisotopic (exact) mass is 369 g/mol. The highest BCUT2D eigenvalue weighted by Crippen LogP contribution is 2.24. The number of hydrogen-bond donors (Lipinski definition) is 1. The molecule has 1 heterocycles. The lowest BCUT2D eigenvalue weighted by Gasteiger charge is -2.32. The molecular formula is C16H21BrClN3. The van der Waals surface area contributed by atoms with Gasteiger partial charge >= 0.3 is 0 Å². The Morgan fingerprint density at radius 3 is 2.71 bits per heavy atom. The van der Waals surface area contributed by atoms with Crippen LogP contribution in [0.15, 0.2) is 41.4 Å². The third kappa shape index (κ3) is 4.83. The third-order valence-electron chi connectivity index (χ3n) is 3.55. The molecule has 0 saturated heterocycles. The van der Waals surface area contributed by atoms with Crippen molar-refractivity contribution in [2.24, 2.45) is 5.41 Å². The molecule has 1 aromatic carbocycles. The van der Waals surface area contributed by atoms with Gasteiger partial charge in [-0.2, -0.15) is 0 Å². The number of imidazole rings is 1. The van der Waals surface area contributed by atoms with Crippen LogP contribution in [0, 0.1) is 5.41 Å². The Morgan fingerprint density at radius 1 is 1.38 bits per heavy atom. The first-order valence-corrected chi connectivity index (χ1v) is 8.16. The van der Waals surface area contributed by atoms with Crippen molar-refractivity contribution in [1.29, 1.82) is 0 Å². The highest BCUT2D eigenvalue weighted by atomic mass is 79.9. The van der Waals surface area contributed by atoms with Gasteiger partial charge in [0.2, 0.25) is 0 Å². The number of nitrogens with zero attached hydrogens (tertiary/aromatic N) is 2. The van der Waals surface area contributed by atoms with Crippen molar-refractivity contribution in [3.8, 4) is 0 Å². The summed E-state index contributed by atoms with van der Waals surface area (Å²) < 4.78 is 3.11. The predicted octanol–water partition coefficient (Wildman–Crippen LogP) is 4.50. The lowest BCUT2D eigenvalue weighted by atomic mass is 9.86. The summed E-state index contributed by atoms with van der Waals surface area (Å²) in [5, 5.41) is 4.41. The van der Waals surface area contributed by atoms with Gasteiger partial charge in [0.15, 0.2) is 0 Å². The Hall–Kier alpha value is -0.840. The summed E-state index contributed by atoms with van der Waals surface area (Å²) in [7, 11) is 0. The summed E-state index contributed by atoms with van der Waals surface area (Å²) in [5.74, 6) is 0. The summed E-state index contributed by atoms with van der Waals surface area (Å²) in [6, 6.07) is 6.33. The van der Waals surface area contributed by atoms with Crippen LogP contribution in [0.4, 0.5) is 0 Å². The Kier molecular flexibility index (Phi) is 5.47. The summed E-state index contributed by atoms with van der Waals surface area (Å²) in [6.45, 7) is 8.36. The number of benzene rings is 1. The van der Waals surface area contributed by atoms with Gasteiger partial charge in [0.1, 0.15) is 0 Å². The van der Waals surface area contributed by atoms with Gasteiger partial charge in [-0.3, -0.25) is 0 Å². The largest absolute Gasteiger partial charge is 0.336 e. The Bertz CT molecular complexity index is 576. The third-order valence-corrected chi connectivity index (χ3v) is 4.40. The Balaban J connectivity index is 2.05. The van der Waals surface area contributed by atoms with Crippen molar-refractivity contribution in [3.05, 3.63) is 52.0 Å². The van der Waals surface area contributed by atoms with Crippen molar-refractivity contribution in [2.75, 3.05) is 0 Å². The summed E-state index contributed by atoms with van der Waals surface area (Å²) in [5.41, 5.74) is 1.26. The Labute approximate surface area is 139 Å². The molecule has 0 fully saturated rings. The van der Waals surface area contributed by atoms with Crippen molar-refractivity contribution in [3.63, 3.8) is 0 Å². The first-order valence-electron chi connectivity index (χ1n) is 6.99. The first-order chi connectivity index (χ1) is 9.86. The van der Waals surface area contributed by atoms with E-state index in [1.54, 1.807) is 0 Å². The lowest BCUT2D eigenvalue weighted by Crippen LogP contribution is -2.43. The van der Waals surface area contributed by atoms with Crippen LogP contribution in [0.3, 0.4) is 0 Å². The fourth-order valence-corrected chi connectivity index (χ4v) is 2.89. The molecule has 0 saturated carbocycles. The Morgan fingerprint density at radius 2 is 2.14 bits per heavy atom. The van der Waals surface area contributed by atoms with E-state index in [9.17, 15) is 0 Å². The van der Waals surface area contributed by atoms with Crippen LogP contribution in [-0.2, 0) is 13.1 Å². The standard InChI is InChI=1S/C16H21BrClN3/c1-16(2,3)15(10-21-7-6-19-11-21)20-9-12-4-5-13(17)8-14(12)18/h4-8,11,15,20H,9-10H2,1-3H3. The topological polar surface area (TPSA) is 29.9 Å². The van der Waals surface area contributed by atoms with Gasteiger partial charge in [0, 0.05) is 41.0 Å². The molecule has 1 unspecified atom stereocenters. The zero-order valence-electron chi connectivity index (χ0n) is 12.6. The van der Waals surface area contributed by atoms with Crippen LogP contribution in [0.5, 0.6) is 0 Å². The fourth-order valence-electron chi connectivity index (χ4n) is 2.15. The molecule has 0 aliphatic heterocycles. The van der Waals surface area contributed by atoms with E-state index in [2.05, 4.69) is 57.6 Å². The molecule has 2 rings (SSSR count). The fraction of sp³-hybridized carbons (Fsp3) is 0.438. The van der Waals surface area contributed by atoms with E-state index in [-0.39, 0.29) is 5.41 Å². The smallest absolute Gasteiger partial charge is 0.0946 e. The second-order valence-corrected chi connectivity index (χ2v) is 7.62. The van der Waals surface area contributed by atoms with E-state index >= 15 is 0 Å². The minimum atomic E-state index is 0.145. The number of rotatable bonds is 5. The number of aromatic nitrogens is 2. The second kappa shape index (κ2) is 6.95. The number of halogens is 2. The van der Waals surface area contributed by atoms with E-state index in [0.717, 1.165) is 28.1 Å². The molecule has 0 bridgehead atoms. The van der Waals surface area contributed by atoms with E-state index in [0.29, 0.717) is 6.04 Å². The molecule has 1 N–H and O–H groups in total. The van der Waals surface area contributed by atoms with E-state index in [1.165, 1.54) is 0 Å². The van der Waals surface area contributed by atoms with Gasteiger partial charge in [-0.15, -0.1) is 0 Å². The zero-order valence-corrected chi connectivity index (χ0v) is 14.9. The maximum Gasteiger partial charge on any atom is 0.0946 e. The van der Waals surface area contributed by atoms with Crippen molar-refractivity contribution in [2.45, 2.75) is 39.9 Å². The normalized spacial score (nSPS) is 13.4. The summed E-state index contributed by atoms with van der Waals surface area (Å²) >= 11 is 9.72. The first kappa shape index (κ1) is 16.5. The van der Waals surface area contributed by atoms with Crippen molar-refractivity contribution >= 4 is 27.5 Å². The average molecular weight is 371 g/mol. The molecule has 0 aliphatic rings. The quantitative estimate of drug-likeness (QED) is 0.839. The average Bonchev–Trinajstić information content (AvgIpc) is 2.87. The lowest BCUT2D eigenvalue weighted by molar-refractivity contribution is 0.240. The molecule has 1 atom stereocenters. The molecule has 114 valence electrons. The molecule has 21 heavy (non-hydrogen) atoms. The highest BCUT2D eigenvalue weighted by Gasteiger charge is 2.24. The van der Waals surface area contributed by atoms with Crippen LogP contribution < -0.4 is 5.32 Å². The van der Waals surface area contributed by atoms with Gasteiger partial charge in [0.25, 0.3) is 0 Å². The molecule has 0 radical (unpaired) electrons. The van der Waals surface area contributed by atoms with Crippen LogP contribution in [0.1, 0.15) is 26.3 Å². The van der Waals surface area contributed by atoms with Crippen molar-refractivity contribution < 1.29 is 0 Å². The minimum Gasteiger partial charge on any atom is -0.336 e. The summed E-state index contributed by atoms with van der Waals surface area (Å²) in [6.07, 6.45) is 5.66. The van der Waals surface area contributed by atoms with Gasteiger partial charge in [-0.1, -0.05) is 54.4 Å². The SMILES string of the molecule is CC(C)(C)C(Cn1ccnc1)NCc1ccc(Br)cc1Cl.